The Kier molecular flexibility index (Phi) is 4.39. The molecule has 0 aliphatic carbocycles. The van der Waals surface area contributed by atoms with Crippen LogP contribution in [0, 0.1) is 0 Å². The van der Waals surface area contributed by atoms with Crippen molar-refractivity contribution in [2.24, 2.45) is 0 Å². The molecule has 0 radical (unpaired) electrons. The molecule has 0 aliphatic rings. The van der Waals surface area contributed by atoms with Crippen LogP contribution in [-0.2, 0) is 4.79 Å². The number of aromatic nitrogens is 2. The van der Waals surface area contributed by atoms with Crippen LogP contribution in [0.5, 0.6) is 0 Å². The van der Waals surface area contributed by atoms with Gasteiger partial charge in [0.2, 0.25) is 5.91 Å². The number of pyridine rings is 1. The van der Waals surface area contributed by atoms with E-state index in [1.165, 1.54) is 0 Å². The maximum atomic E-state index is 11.8. The number of halogens is 1. The number of anilines is 1. The second-order valence-electron chi connectivity index (χ2n) is 5.06. The summed E-state index contributed by atoms with van der Waals surface area (Å²) >= 11 is 5.60. The molecule has 0 bridgehead atoms. The summed E-state index contributed by atoms with van der Waals surface area (Å²) in [7, 11) is 0. The van der Waals surface area contributed by atoms with Crippen molar-refractivity contribution in [3.8, 4) is 11.1 Å². The number of hydrogen-bond donors (Lipinski definition) is 2. The summed E-state index contributed by atoms with van der Waals surface area (Å²) in [6.07, 6.45) is 4.81. The van der Waals surface area contributed by atoms with E-state index >= 15 is 0 Å². The first-order chi connectivity index (χ1) is 10.8. The summed E-state index contributed by atoms with van der Waals surface area (Å²) in [6.45, 7) is 0. The third-order valence-electron chi connectivity index (χ3n) is 3.42. The lowest BCUT2D eigenvalue weighted by Gasteiger charge is -2.07. The van der Waals surface area contributed by atoms with Crippen molar-refractivity contribution < 1.29 is 4.79 Å². The van der Waals surface area contributed by atoms with Crippen LogP contribution in [-0.4, -0.2) is 21.8 Å². The van der Waals surface area contributed by atoms with Crippen LogP contribution in [0.1, 0.15) is 12.8 Å². The van der Waals surface area contributed by atoms with Gasteiger partial charge in [-0.15, -0.1) is 11.6 Å². The molecule has 5 heteroatoms. The lowest BCUT2D eigenvalue weighted by molar-refractivity contribution is -0.116. The zero-order valence-corrected chi connectivity index (χ0v) is 12.7. The second-order valence-corrected chi connectivity index (χ2v) is 5.44. The molecule has 3 rings (SSSR count). The number of nitrogens with zero attached hydrogens (tertiary/aromatic N) is 1. The maximum Gasteiger partial charge on any atom is 0.224 e. The molecule has 0 saturated heterocycles. The van der Waals surface area contributed by atoms with Gasteiger partial charge in [-0.3, -0.25) is 4.79 Å². The number of rotatable bonds is 5. The minimum Gasteiger partial charge on any atom is -0.346 e. The number of nitrogens with one attached hydrogen (secondary N) is 2. The van der Waals surface area contributed by atoms with Crippen LogP contribution in [0.3, 0.4) is 0 Å². The van der Waals surface area contributed by atoms with E-state index < -0.39 is 0 Å². The van der Waals surface area contributed by atoms with Gasteiger partial charge in [0.05, 0.1) is 0 Å². The first-order valence-corrected chi connectivity index (χ1v) is 7.69. The molecule has 0 saturated carbocycles. The molecule has 3 aromatic rings. The summed E-state index contributed by atoms with van der Waals surface area (Å²) in [5.74, 6) is 0.479. The molecular weight excluding hydrogens is 298 g/mol. The molecule has 0 atom stereocenters. The van der Waals surface area contributed by atoms with Crippen LogP contribution in [0.4, 0.5) is 5.69 Å². The fourth-order valence-corrected chi connectivity index (χ4v) is 2.46. The minimum absolute atomic E-state index is 0.0167. The largest absolute Gasteiger partial charge is 0.346 e. The SMILES string of the molecule is O=C(CCCCl)Nc1cccc(-c2cnc3[nH]ccc3c2)c1. The number of carbonyl (C=O) groups excluding carboxylic acids is 1. The lowest BCUT2D eigenvalue weighted by atomic mass is 10.1. The topological polar surface area (TPSA) is 57.8 Å². The molecule has 0 unspecified atom stereocenters. The first-order valence-electron chi connectivity index (χ1n) is 7.15. The van der Waals surface area contributed by atoms with Gasteiger partial charge in [-0.1, -0.05) is 12.1 Å². The predicted octanol–water partition coefficient (Wildman–Crippen LogP) is 4.19. The Balaban J connectivity index is 1.82. The Morgan fingerprint density at radius 1 is 1.23 bits per heavy atom. The van der Waals surface area contributed by atoms with E-state index in [0.29, 0.717) is 18.7 Å². The van der Waals surface area contributed by atoms with Crippen molar-refractivity contribution in [1.29, 1.82) is 0 Å². The molecule has 4 nitrogen and oxygen atoms in total. The van der Waals surface area contributed by atoms with Crippen molar-refractivity contribution in [3.63, 3.8) is 0 Å². The molecule has 2 aromatic heterocycles. The highest BCUT2D eigenvalue weighted by Gasteiger charge is 2.05. The number of alkyl halides is 1. The van der Waals surface area contributed by atoms with Crippen LogP contribution in [0.25, 0.3) is 22.2 Å². The summed E-state index contributed by atoms with van der Waals surface area (Å²) in [5, 5.41) is 3.96. The van der Waals surface area contributed by atoms with Gasteiger partial charge >= 0.3 is 0 Å². The van der Waals surface area contributed by atoms with E-state index in [0.717, 1.165) is 27.8 Å². The van der Waals surface area contributed by atoms with Gasteiger partial charge in [0.25, 0.3) is 0 Å². The normalized spacial score (nSPS) is 10.8. The van der Waals surface area contributed by atoms with Gasteiger partial charge in [-0.25, -0.2) is 4.98 Å². The van der Waals surface area contributed by atoms with Gasteiger partial charge in [0.15, 0.2) is 0 Å². The molecule has 2 N–H and O–H groups in total. The Morgan fingerprint density at radius 2 is 2.14 bits per heavy atom. The van der Waals surface area contributed by atoms with Gasteiger partial charge in [0, 0.05) is 41.3 Å². The van der Waals surface area contributed by atoms with Crippen LogP contribution in [0.2, 0.25) is 0 Å². The summed E-state index contributed by atoms with van der Waals surface area (Å²) < 4.78 is 0. The van der Waals surface area contributed by atoms with Gasteiger partial charge in [0.1, 0.15) is 5.65 Å². The van der Waals surface area contributed by atoms with Crippen molar-refractivity contribution >= 4 is 34.2 Å². The average molecular weight is 314 g/mol. The molecule has 0 spiro atoms. The Morgan fingerprint density at radius 3 is 3.00 bits per heavy atom. The van der Waals surface area contributed by atoms with E-state index in [1.807, 2.05) is 42.7 Å². The monoisotopic (exact) mass is 313 g/mol. The fourth-order valence-electron chi connectivity index (χ4n) is 2.33. The highest BCUT2D eigenvalue weighted by atomic mass is 35.5. The van der Waals surface area contributed by atoms with E-state index in [4.69, 9.17) is 11.6 Å². The Bertz CT molecular complexity index is 797. The van der Waals surface area contributed by atoms with Gasteiger partial charge < -0.3 is 10.3 Å². The van der Waals surface area contributed by atoms with Crippen LogP contribution in [0.15, 0.2) is 48.8 Å². The molecule has 2 heterocycles. The van der Waals surface area contributed by atoms with Crippen molar-refractivity contribution in [1.82, 2.24) is 9.97 Å². The summed E-state index contributed by atoms with van der Waals surface area (Å²) in [6, 6.07) is 11.8. The standard InChI is InChI=1S/C17H16ClN3O/c18-7-2-5-16(22)21-15-4-1-3-12(10-15)14-9-13-6-8-19-17(13)20-11-14/h1,3-4,6,8-11H,2,5,7H2,(H,19,20)(H,21,22). The van der Waals surface area contributed by atoms with Gasteiger partial charge in [-0.05, 0) is 36.2 Å². The quantitative estimate of drug-likeness (QED) is 0.694. The third kappa shape index (κ3) is 3.28. The van der Waals surface area contributed by atoms with Crippen LogP contribution >= 0.6 is 11.6 Å². The van der Waals surface area contributed by atoms with Crippen molar-refractivity contribution in [2.45, 2.75) is 12.8 Å². The number of amides is 1. The molecule has 112 valence electrons. The van der Waals surface area contributed by atoms with Gasteiger partial charge in [-0.2, -0.15) is 0 Å². The maximum absolute atomic E-state index is 11.8. The number of hydrogen-bond acceptors (Lipinski definition) is 2. The minimum atomic E-state index is -0.0167. The zero-order valence-electron chi connectivity index (χ0n) is 12.0. The van der Waals surface area contributed by atoms with E-state index in [9.17, 15) is 4.79 Å². The number of fused-ring (bicyclic) bond motifs is 1. The zero-order chi connectivity index (χ0) is 15.4. The number of H-pyrrole nitrogens is 1. The second kappa shape index (κ2) is 6.62. The predicted molar refractivity (Wildman–Crippen MR) is 90.1 cm³/mol. The molecule has 1 aromatic carbocycles. The number of aromatic amines is 1. The van der Waals surface area contributed by atoms with Crippen molar-refractivity contribution in [2.75, 3.05) is 11.2 Å². The molecular formula is C17H16ClN3O. The highest BCUT2D eigenvalue weighted by molar-refractivity contribution is 6.18. The number of carbonyl (C=O) groups is 1. The lowest BCUT2D eigenvalue weighted by Crippen LogP contribution is -2.11. The molecule has 1 amide bonds. The molecule has 0 aliphatic heterocycles. The number of benzene rings is 1. The molecule has 22 heavy (non-hydrogen) atoms. The highest BCUT2D eigenvalue weighted by Crippen LogP contribution is 2.24. The Hall–Kier alpha value is -2.33. The fraction of sp³-hybridized carbons (Fsp3) is 0.176. The van der Waals surface area contributed by atoms with Crippen molar-refractivity contribution in [3.05, 3.63) is 48.8 Å². The average Bonchev–Trinajstić information content (AvgIpc) is 3.00. The summed E-state index contributed by atoms with van der Waals surface area (Å²) in [5.41, 5.74) is 3.69. The summed E-state index contributed by atoms with van der Waals surface area (Å²) in [4.78, 5) is 19.2. The van der Waals surface area contributed by atoms with E-state index in [-0.39, 0.29) is 5.91 Å². The van der Waals surface area contributed by atoms with Crippen LogP contribution < -0.4 is 5.32 Å². The third-order valence-corrected chi connectivity index (χ3v) is 3.68. The molecule has 0 fully saturated rings. The smallest absolute Gasteiger partial charge is 0.224 e. The first kappa shape index (κ1) is 14.6. The Labute approximate surface area is 133 Å². The van der Waals surface area contributed by atoms with E-state index in [1.54, 1.807) is 0 Å². The van der Waals surface area contributed by atoms with E-state index in [2.05, 4.69) is 21.4 Å².